The molecular weight excluding hydrogens is 328 g/mol. The van der Waals surface area contributed by atoms with E-state index >= 15 is 0 Å². The first kappa shape index (κ1) is 19.0. The summed E-state index contributed by atoms with van der Waals surface area (Å²) in [4.78, 5) is 11.4. The third kappa shape index (κ3) is 5.93. The van der Waals surface area contributed by atoms with Crippen molar-refractivity contribution in [1.82, 2.24) is 5.32 Å². The zero-order chi connectivity index (χ0) is 17.8. The van der Waals surface area contributed by atoms with Crippen molar-refractivity contribution in [2.75, 3.05) is 6.61 Å². The van der Waals surface area contributed by atoms with Crippen LogP contribution in [0.25, 0.3) is 6.08 Å². The highest BCUT2D eigenvalue weighted by molar-refractivity contribution is 5.91. The fourth-order valence-electron chi connectivity index (χ4n) is 1.58. The molecule has 9 heteroatoms. The van der Waals surface area contributed by atoms with Gasteiger partial charge in [0.15, 0.2) is 0 Å². The van der Waals surface area contributed by atoms with Crippen molar-refractivity contribution in [3.05, 3.63) is 41.0 Å². The first-order chi connectivity index (χ1) is 10.4. The molecule has 128 valence electrons. The van der Waals surface area contributed by atoms with Crippen molar-refractivity contribution in [3.8, 4) is 0 Å². The summed E-state index contributed by atoms with van der Waals surface area (Å²) in [6, 6.07) is 0.424. The third-order valence-corrected chi connectivity index (χ3v) is 2.70. The highest BCUT2D eigenvalue weighted by Gasteiger charge is 2.36. The van der Waals surface area contributed by atoms with Gasteiger partial charge in [0.25, 0.3) is 0 Å². The number of aliphatic hydroxyl groups excluding tert-OH is 1. The maximum Gasteiger partial charge on any atom is 0.416 e. The summed E-state index contributed by atoms with van der Waals surface area (Å²) in [6.45, 7) is 1.11. The molecule has 0 aliphatic carbocycles. The molecule has 0 aromatic heterocycles. The van der Waals surface area contributed by atoms with E-state index in [1.807, 2.05) is 0 Å². The molecule has 0 spiro atoms. The molecule has 3 nitrogen and oxygen atoms in total. The van der Waals surface area contributed by atoms with Gasteiger partial charge in [0.2, 0.25) is 5.91 Å². The van der Waals surface area contributed by atoms with Crippen molar-refractivity contribution in [1.29, 1.82) is 0 Å². The van der Waals surface area contributed by atoms with Crippen LogP contribution < -0.4 is 5.32 Å². The number of amides is 1. The number of aliphatic hydroxyl groups is 1. The highest BCUT2D eigenvalue weighted by atomic mass is 19.4. The van der Waals surface area contributed by atoms with Crippen LogP contribution >= 0.6 is 0 Å². The molecule has 1 aromatic carbocycles. The van der Waals surface area contributed by atoms with Gasteiger partial charge in [-0.2, -0.15) is 26.3 Å². The minimum atomic E-state index is -4.95. The molecule has 0 aliphatic heterocycles. The maximum absolute atomic E-state index is 12.7. The van der Waals surface area contributed by atoms with E-state index in [4.69, 9.17) is 5.11 Å². The van der Waals surface area contributed by atoms with Crippen molar-refractivity contribution in [2.45, 2.75) is 25.3 Å². The predicted molar refractivity (Wildman–Crippen MR) is 70.2 cm³/mol. The van der Waals surface area contributed by atoms with Crippen molar-refractivity contribution in [3.63, 3.8) is 0 Å². The van der Waals surface area contributed by atoms with Gasteiger partial charge in [-0.3, -0.25) is 4.79 Å². The molecule has 0 saturated carbocycles. The first-order valence-electron chi connectivity index (χ1n) is 6.32. The first-order valence-corrected chi connectivity index (χ1v) is 6.32. The van der Waals surface area contributed by atoms with Gasteiger partial charge in [-0.05, 0) is 36.8 Å². The van der Waals surface area contributed by atoms with Crippen LogP contribution in [0.5, 0.6) is 0 Å². The van der Waals surface area contributed by atoms with Crippen LogP contribution in [0.2, 0.25) is 0 Å². The van der Waals surface area contributed by atoms with Crippen LogP contribution in [0, 0.1) is 0 Å². The molecule has 1 amide bonds. The number of hydrogen-bond acceptors (Lipinski definition) is 2. The molecule has 2 N–H and O–H groups in total. The Morgan fingerprint density at radius 1 is 1.13 bits per heavy atom. The monoisotopic (exact) mass is 341 g/mol. The van der Waals surface area contributed by atoms with E-state index in [9.17, 15) is 31.1 Å². The van der Waals surface area contributed by atoms with E-state index in [2.05, 4.69) is 5.32 Å². The summed E-state index contributed by atoms with van der Waals surface area (Å²) >= 11 is 0. The molecule has 23 heavy (non-hydrogen) atoms. The maximum atomic E-state index is 12.7. The number of benzene rings is 1. The van der Waals surface area contributed by atoms with Crippen LogP contribution in [-0.2, 0) is 17.1 Å². The average molecular weight is 341 g/mol. The number of rotatable bonds is 4. The van der Waals surface area contributed by atoms with Crippen LogP contribution in [0.1, 0.15) is 23.6 Å². The minimum absolute atomic E-state index is 0.00520. The zero-order valence-electron chi connectivity index (χ0n) is 11.8. The molecule has 0 bridgehead atoms. The fourth-order valence-corrected chi connectivity index (χ4v) is 1.58. The van der Waals surface area contributed by atoms with Gasteiger partial charge in [0.1, 0.15) is 0 Å². The lowest BCUT2D eigenvalue weighted by molar-refractivity contribution is -0.143. The Labute approximate surface area is 127 Å². The highest BCUT2D eigenvalue weighted by Crippen LogP contribution is 2.36. The molecule has 0 radical (unpaired) electrons. The molecule has 1 rings (SSSR count). The second-order valence-electron chi connectivity index (χ2n) is 4.76. The Balaban J connectivity index is 3.13. The molecule has 1 aromatic rings. The summed E-state index contributed by atoms with van der Waals surface area (Å²) < 4.78 is 75.9. The Morgan fingerprint density at radius 3 is 2.00 bits per heavy atom. The summed E-state index contributed by atoms with van der Waals surface area (Å²) in [5.74, 6) is -0.752. The van der Waals surface area contributed by atoms with Crippen molar-refractivity contribution in [2.24, 2.45) is 0 Å². The van der Waals surface area contributed by atoms with Crippen LogP contribution in [-0.4, -0.2) is 23.7 Å². The van der Waals surface area contributed by atoms with Gasteiger partial charge < -0.3 is 10.4 Å². The second kappa shape index (κ2) is 7.03. The summed E-state index contributed by atoms with van der Waals surface area (Å²) in [6.07, 6.45) is -8.26. The van der Waals surface area contributed by atoms with Crippen LogP contribution in [0.3, 0.4) is 0 Å². The van der Waals surface area contributed by atoms with Gasteiger partial charge in [0.05, 0.1) is 17.7 Å². The molecule has 0 fully saturated rings. The van der Waals surface area contributed by atoms with Crippen molar-refractivity contribution >= 4 is 12.0 Å². The van der Waals surface area contributed by atoms with E-state index in [1.54, 1.807) is 0 Å². The average Bonchev–Trinajstić information content (AvgIpc) is 2.42. The van der Waals surface area contributed by atoms with E-state index < -0.39 is 41.0 Å². The smallest absolute Gasteiger partial charge is 0.394 e. The van der Waals surface area contributed by atoms with Crippen LogP contribution in [0.15, 0.2) is 24.3 Å². The molecular formula is C14H13F6NO2. The quantitative estimate of drug-likeness (QED) is 0.653. The standard InChI is InChI=1S/C14H13F6NO2/c1-8(7-22)21-12(23)3-2-9-4-10(13(15,16)17)6-11(5-9)14(18,19)20/h2-6,8,22H,7H2,1H3,(H,21,23)/b3-2+. The minimum Gasteiger partial charge on any atom is -0.394 e. The van der Waals surface area contributed by atoms with Crippen molar-refractivity contribution < 1.29 is 36.2 Å². The summed E-state index contributed by atoms with van der Waals surface area (Å²) in [5, 5.41) is 11.0. The number of nitrogens with one attached hydrogen (secondary N) is 1. The second-order valence-corrected chi connectivity index (χ2v) is 4.76. The Bertz CT molecular complexity index is 560. The number of carbonyl (C=O) groups excluding carboxylic acids is 1. The largest absolute Gasteiger partial charge is 0.416 e. The molecule has 1 atom stereocenters. The lowest BCUT2D eigenvalue weighted by Gasteiger charge is -2.13. The van der Waals surface area contributed by atoms with Gasteiger partial charge >= 0.3 is 12.4 Å². The normalized spacial score (nSPS) is 14.1. The lowest BCUT2D eigenvalue weighted by Crippen LogP contribution is -2.33. The Morgan fingerprint density at radius 2 is 1.61 bits per heavy atom. The summed E-state index contributed by atoms with van der Waals surface area (Å²) in [5.41, 5.74) is -3.34. The molecule has 0 aliphatic rings. The molecule has 1 unspecified atom stereocenters. The molecule has 0 saturated heterocycles. The van der Waals surface area contributed by atoms with Gasteiger partial charge in [0, 0.05) is 12.1 Å². The Kier molecular flexibility index (Phi) is 5.81. The van der Waals surface area contributed by atoms with E-state index in [0.29, 0.717) is 12.1 Å². The van der Waals surface area contributed by atoms with E-state index in [1.165, 1.54) is 6.92 Å². The number of alkyl halides is 6. The number of halogens is 6. The van der Waals surface area contributed by atoms with E-state index in [-0.39, 0.29) is 12.7 Å². The summed E-state index contributed by atoms with van der Waals surface area (Å²) in [7, 11) is 0. The topological polar surface area (TPSA) is 49.3 Å². The van der Waals surface area contributed by atoms with Gasteiger partial charge in [-0.15, -0.1) is 0 Å². The number of carbonyl (C=O) groups is 1. The number of hydrogen-bond donors (Lipinski definition) is 2. The zero-order valence-corrected chi connectivity index (χ0v) is 11.8. The SMILES string of the molecule is CC(CO)NC(=O)/C=C/c1cc(C(F)(F)F)cc(C(F)(F)F)c1. The van der Waals surface area contributed by atoms with Gasteiger partial charge in [-0.25, -0.2) is 0 Å². The fraction of sp³-hybridized carbons (Fsp3) is 0.357. The third-order valence-electron chi connectivity index (χ3n) is 2.70. The van der Waals surface area contributed by atoms with Gasteiger partial charge in [-0.1, -0.05) is 0 Å². The lowest BCUT2D eigenvalue weighted by atomic mass is 10.0. The Hall–Kier alpha value is -2.03. The molecule has 0 heterocycles. The van der Waals surface area contributed by atoms with Crippen LogP contribution in [0.4, 0.5) is 26.3 Å². The predicted octanol–water partition coefficient (Wildman–Crippen LogP) is 3.23. The van der Waals surface area contributed by atoms with E-state index in [0.717, 1.165) is 12.2 Å².